The summed E-state index contributed by atoms with van der Waals surface area (Å²) in [5, 5.41) is 22.1. The maximum Gasteiger partial charge on any atom is 0.269 e. The lowest BCUT2D eigenvalue weighted by atomic mass is 9.51. The summed E-state index contributed by atoms with van der Waals surface area (Å²) in [6, 6.07) is 13.3. The highest BCUT2D eigenvalue weighted by Gasteiger charge is 2.68. The largest absolute Gasteiger partial charge is 0.508 e. The maximum atomic E-state index is 14.5. The van der Waals surface area contributed by atoms with Crippen molar-refractivity contribution in [2.75, 3.05) is 16.9 Å². The normalized spacial score (nSPS) is 28.2. The van der Waals surface area contributed by atoms with E-state index in [1.807, 2.05) is 6.08 Å². The Kier molecular flexibility index (Phi) is 6.97. The van der Waals surface area contributed by atoms with E-state index in [-0.39, 0.29) is 40.7 Å². The number of imide groups is 2. The summed E-state index contributed by atoms with van der Waals surface area (Å²) in [6.45, 7) is 1.65. The minimum absolute atomic E-state index is 0.0495. The van der Waals surface area contributed by atoms with Gasteiger partial charge >= 0.3 is 0 Å². The van der Waals surface area contributed by atoms with Crippen LogP contribution in [-0.2, 0) is 19.2 Å². The fourth-order valence-corrected chi connectivity index (χ4v) is 8.27. The van der Waals surface area contributed by atoms with Crippen molar-refractivity contribution in [1.82, 2.24) is 0 Å². The number of carbonyl (C=O) groups excluding carboxylic acids is 4. The van der Waals surface area contributed by atoms with Gasteiger partial charge in [0.1, 0.15) is 17.3 Å². The third-order valence-corrected chi connectivity index (χ3v) is 10.6. The minimum Gasteiger partial charge on any atom is -0.508 e. The highest BCUT2D eigenvalue weighted by Crippen LogP contribution is 2.64. The molecule has 13 heteroatoms. The van der Waals surface area contributed by atoms with Crippen LogP contribution < -0.4 is 14.5 Å². The van der Waals surface area contributed by atoms with Crippen molar-refractivity contribution in [2.45, 2.75) is 25.7 Å². The second kappa shape index (κ2) is 10.7. The van der Waals surface area contributed by atoms with Crippen LogP contribution in [0.5, 0.6) is 11.5 Å². The summed E-state index contributed by atoms with van der Waals surface area (Å²) in [4.78, 5) is 69.3. The summed E-state index contributed by atoms with van der Waals surface area (Å²) in [5.41, 5.74) is -0.424. The van der Waals surface area contributed by atoms with Crippen LogP contribution in [0.25, 0.3) is 0 Å². The molecule has 240 valence electrons. The summed E-state index contributed by atoms with van der Waals surface area (Å²) in [6.07, 6.45) is 2.04. The Hall–Kier alpha value is -5.10. The second-order valence-corrected chi connectivity index (χ2v) is 12.9. The van der Waals surface area contributed by atoms with Crippen molar-refractivity contribution in [2.24, 2.45) is 29.1 Å². The highest BCUT2D eigenvalue weighted by molar-refractivity contribution is 6.32. The second-order valence-electron chi connectivity index (χ2n) is 12.5. The molecule has 47 heavy (non-hydrogen) atoms. The Morgan fingerprint density at radius 1 is 0.957 bits per heavy atom. The standard InChI is InChI=1S/C34H27ClFN3O8/c1-34-24(31(42)38(33(34)44)18-7-11-26(36)25(35)13-18)15-22-20(29(34)23-14-19(47-2)8-12-27(23)40)9-10-21-28(22)32(43)37(30(21)41)16-3-5-17(6-4-16)39(45)46/h3-9,11-14,21-22,24,28-29,40H,10,15H2,1-2H3. The number of methoxy groups -OCH3 is 1. The fourth-order valence-electron chi connectivity index (χ4n) is 8.10. The number of amides is 4. The molecule has 0 bridgehead atoms. The van der Waals surface area contributed by atoms with E-state index < -0.39 is 69.4 Å². The van der Waals surface area contributed by atoms with Crippen LogP contribution >= 0.6 is 11.6 Å². The Morgan fingerprint density at radius 2 is 1.66 bits per heavy atom. The lowest BCUT2D eigenvalue weighted by Crippen LogP contribution is -2.48. The van der Waals surface area contributed by atoms with Gasteiger partial charge in [0, 0.05) is 23.6 Å². The molecule has 2 aliphatic carbocycles. The molecule has 11 nitrogen and oxygen atoms in total. The first-order chi connectivity index (χ1) is 22.4. The molecule has 4 amide bonds. The van der Waals surface area contributed by atoms with E-state index in [1.54, 1.807) is 19.1 Å². The molecule has 2 heterocycles. The van der Waals surface area contributed by atoms with Gasteiger partial charge in [0.2, 0.25) is 23.6 Å². The molecule has 4 aliphatic rings. The SMILES string of the molecule is COc1ccc(O)c(C2C3=CCC4C(=O)N(c5ccc([N+](=O)[O-])cc5)C(=O)C4C3CC3C(=O)N(c4ccc(F)c(Cl)c4)C(=O)C32C)c1. The van der Waals surface area contributed by atoms with E-state index in [4.69, 9.17) is 16.3 Å². The first kappa shape index (κ1) is 30.5. The quantitative estimate of drug-likeness (QED) is 0.163. The van der Waals surface area contributed by atoms with Crippen LogP contribution in [0.15, 0.2) is 72.3 Å². The smallest absolute Gasteiger partial charge is 0.269 e. The Balaban J connectivity index is 1.36. The molecule has 2 saturated heterocycles. The third kappa shape index (κ3) is 4.31. The molecule has 3 aromatic carbocycles. The Morgan fingerprint density at radius 3 is 2.32 bits per heavy atom. The fraction of sp³-hybridized carbons (Fsp3) is 0.294. The molecule has 0 radical (unpaired) electrons. The van der Waals surface area contributed by atoms with Crippen LogP contribution in [0.4, 0.5) is 21.5 Å². The van der Waals surface area contributed by atoms with Gasteiger partial charge < -0.3 is 9.84 Å². The van der Waals surface area contributed by atoms with Gasteiger partial charge in [-0.15, -0.1) is 0 Å². The number of phenolic OH excluding ortho intramolecular Hbond substituents is 1. The average Bonchev–Trinajstić information content (AvgIpc) is 3.42. The summed E-state index contributed by atoms with van der Waals surface area (Å²) in [7, 11) is 1.45. The third-order valence-electron chi connectivity index (χ3n) is 10.3. The molecular weight excluding hydrogens is 633 g/mol. The van der Waals surface area contributed by atoms with Gasteiger partial charge in [-0.25, -0.2) is 9.29 Å². The van der Waals surface area contributed by atoms with Gasteiger partial charge in [0.05, 0.1) is 51.6 Å². The summed E-state index contributed by atoms with van der Waals surface area (Å²) < 4.78 is 19.5. The number of phenols is 1. The number of halogens is 2. The maximum absolute atomic E-state index is 14.5. The van der Waals surface area contributed by atoms with E-state index in [0.29, 0.717) is 16.9 Å². The van der Waals surface area contributed by atoms with Crippen LogP contribution in [-0.4, -0.2) is 40.8 Å². The predicted molar refractivity (Wildman–Crippen MR) is 166 cm³/mol. The van der Waals surface area contributed by atoms with Gasteiger partial charge in [0.15, 0.2) is 0 Å². The van der Waals surface area contributed by atoms with E-state index in [2.05, 4.69) is 0 Å². The van der Waals surface area contributed by atoms with Crippen LogP contribution in [0.3, 0.4) is 0 Å². The van der Waals surface area contributed by atoms with E-state index in [9.17, 15) is 38.8 Å². The number of nitro groups is 1. The number of non-ortho nitro benzene ring substituents is 1. The van der Waals surface area contributed by atoms with Gasteiger partial charge in [-0.05, 0) is 74.2 Å². The first-order valence-electron chi connectivity index (χ1n) is 14.9. The van der Waals surface area contributed by atoms with Gasteiger partial charge in [0.25, 0.3) is 5.69 Å². The number of fused-ring (bicyclic) bond motifs is 4. The van der Waals surface area contributed by atoms with Crippen molar-refractivity contribution in [3.05, 3.63) is 98.8 Å². The molecular formula is C34H27ClFN3O8. The number of ether oxygens (including phenoxy) is 1. The number of anilines is 2. The zero-order valence-electron chi connectivity index (χ0n) is 25.1. The van der Waals surface area contributed by atoms with Crippen molar-refractivity contribution >= 4 is 52.3 Å². The molecule has 1 saturated carbocycles. The van der Waals surface area contributed by atoms with Gasteiger partial charge in [-0.3, -0.25) is 34.2 Å². The van der Waals surface area contributed by atoms with Crippen molar-refractivity contribution in [3.8, 4) is 11.5 Å². The first-order valence-corrected chi connectivity index (χ1v) is 15.3. The van der Waals surface area contributed by atoms with Crippen molar-refractivity contribution in [1.29, 1.82) is 0 Å². The molecule has 6 atom stereocenters. The lowest BCUT2D eigenvalue weighted by Gasteiger charge is -2.49. The molecule has 7 rings (SSSR count). The number of carbonyl (C=O) groups is 4. The zero-order valence-corrected chi connectivity index (χ0v) is 25.8. The van der Waals surface area contributed by atoms with Crippen LogP contribution in [0.1, 0.15) is 31.2 Å². The lowest BCUT2D eigenvalue weighted by molar-refractivity contribution is -0.384. The minimum atomic E-state index is -1.46. The highest BCUT2D eigenvalue weighted by atomic mass is 35.5. The van der Waals surface area contributed by atoms with Gasteiger partial charge in [-0.2, -0.15) is 0 Å². The monoisotopic (exact) mass is 659 g/mol. The number of aromatic hydroxyl groups is 1. The number of hydrogen-bond acceptors (Lipinski definition) is 8. The van der Waals surface area contributed by atoms with E-state index >= 15 is 0 Å². The molecule has 6 unspecified atom stereocenters. The van der Waals surface area contributed by atoms with Crippen LogP contribution in [0, 0.1) is 45.0 Å². The molecule has 3 fully saturated rings. The molecule has 1 N–H and O–H groups in total. The number of nitrogens with zero attached hydrogens (tertiary/aromatic N) is 3. The molecule has 3 aromatic rings. The number of rotatable bonds is 5. The molecule has 0 aromatic heterocycles. The van der Waals surface area contributed by atoms with Crippen molar-refractivity contribution < 1.29 is 38.3 Å². The Labute approximate surface area is 272 Å². The Bertz CT molecular complexity index is 1950. The topological polar surface area (TPSA) is 147 Å². The number of benzene rings is 3. The van der Waals surface area contributed by atoms with Gasteiger partial charge in [-0.1, -0.05) is 23.3 Å². The summed E-state index contributed by atoms with van der Waals surface area (Å²) in [5.74, 6) is -6.84. The average molecular weight is 660 g/mol. The predicted octanol–water partition coefficient (Wildman–Crippen LogP) is 5.54. The molecule has 2 aliphatic heterocycles. The molecule has 0 spiro atoms. The van der Waals surface area contributed by atoms with E-state index in [0.717, 1.165) is 15.9 Å². The number of hydrogen-bond donors (Lipinski definition) is 1. The number of allylic oxidation sites excluding steroid dienone is 2. The zero-order chi connectivity index (χ0) is 33.5. The van der Waals surface area contributed by atoms with E-state index in [1.165, 1.54) is 49.6 Å². The summed E-state index contributed by atoms with van der Waals surface area (Å²) >= 11 is 6.04. The number of nitro benzene ring substituents is 1. The van der Waals surface area contributed by atoms with Crippen molar-refractivity contribution in [3.63, 3.8) is 0 Å². The van der Waals surface area contributed by atoms with Crippen LogP contribution in [0.2, 0.25) is 5.02 Å².